The number of guanidine groups is 1. The Balaban J connectivity index is 3.12. The van der Waals surface area contributed by atoms with Gasteiger partial charge in [-0.1, -0.05) is 7.30 Å². The third kappa shape index (κ3) is 11.7. The number of nitrogens with two attached hydrogens (primary N) is 3. The van der Waals surface area contributed by atoms with Crippen LogP contribution in [-0.2, 0) is 24.0 Å². The molecule has 0 aromatic rings. The summed E-state index contributed by atoms with van der Waals surface area (Å²) in [4.78, 5) is 69.6. The van der Waals surface area contributed by atoms with Gasteiger partial charge in [0.05, 0.1) is 24.2 Å². The summed E-state index contributed by atoms with van der Waals surface area (Å²) in [6, 6.07) is -1.78. The van der Waals surface area contributed by atoms with E-state index in [0.717, 1.165) is 0 Å². The fourth-order valence-corrected chi connectivity index (χ4v) is 6.08. The maximum absolute atomic E-state index is 13.3. The van der Waals surface area contributed by atoms with E-state index in [1.807, 2.05) is 0 Å². The number of aliphatic imine (C=N–C) groups is 1. The average molecular weight is 563 g/mol. The molecule has 36 heavy (non-hydrogen) atoms. The van der Waals surface area contributed by atoms with Crippen molar-refractivity contribution < 1.29 is 24.0 Å². The van der Waals surface area contributed by atoms with Crippen LogP contribution in [0, 0.1) is 5.92 Å². The molecule has 1 fully saturated rings. The normalized spacial score (nSPS) is 23.6. The van der Waals surface area contributed by atoms with E-state index in [9.17, 15) is 24.0 Å². The summed E-state index contributed by atoms with van der Waals surface area (Å²) in [6.45, 7) is 2.18. The van der Waals surface area contributed by atoms with Crippen molar-refractivity contribution >= 4 is 60.3 Å². The quantitative estimate of drug-likeness (QED) is 0.135. The largest absolute Gasteiger partial charge is 0.370 e. The molecule has 1 heterocycles. The Morgan fingerprint density at radius 3 is 2.44 bits per heavy atom. The van der Waals surface area contributed by atoms with Gasteiger partial charge in [-0.15, -0.1) is 17.9 Å². The van der Waals surface area contributed by atoms with Gasteiger partial charge in [-0.3, -0.25) is 29.0 Å². The van der Waals surface area contributed by atoms with Crippen molar-refractivity contribution in [3.8, 4) is 0 Å². The second-order valence-corrected chi connectivity index (χ2v) is 16.1. The molecule has 204 valence electrons. The first kappa shape index (κ1) is 32.5. The zero-order valence-corrected chi connectivity index (χ0v) is 24.4. The van der Waals surface area contributed by atoms with Crippen LogP contribution in [-0.4, -0.2) is 77.9 Å². The van der Waals surface area contributed by atoms with Gasteiger partial charge in [0.15, 0.2) is 17.5 Å². The van der Waals surface area contributed by atoms with E-state index in [2.05, 4.69) is 28.2 Å². The number of carbonyl (C=O) groups excluding carboxylic acids is 5. The Kier molecular flexibility index (Phi) is 14.8. The van der Waals surface area contributed by atoms with Gasteiger partial charge in [0, 0.05) is 38.9 Å². The van der Waals surface area contributed by atoms with Gasteiger partial charge in [0.25, 0.3) is 0 Å². The molecule has 0 saturated carbocycles. The molecule has 14 heteroatoms. The second-order valence-electron chi connectivity index (χ2n) is 9.24. The standard InChI is InChI=1S/C22H41N6O5P3/c1-13(29)14(6-5-8-26-22(24)25)10-18(31)16-11-20(32)28(2)9-4-3-7-15(23)17(30)12-19(36(34)35)21(33)27-16/h14-16,19H,3-12,23,34-35H2,1-2H3,(H,27,33)(H4,24,25,26). The van der Waals surface area contributed by atoms with Crippen LogP contribution in [0.25, 0.3) is 0 Å². The van der Waals surface area contributed by atoms with E-state index >= 15 is 0 Å². The molecule has 1 aliphatic rings. The SMILES string of the molecule is CC(=O)C(CCCN=C(N)N)CC(=O)C1CC(=O)N(C)CCCCC(N)C(=O)CC(P(P)P)C(=O)N1. The summed E-state index contributed by atoms with van der Waals surface area (Å²) >= 11 is 0. The molecule has 11 nitrogen and oxygen atoms in total. The van der Waals surface area contributed by atoms with Gasteiger partial charge in [-0.05, 0) is 39.0 Å². The van der Waals surface area contributed by atoms with Crippen molar-refractivity contribution in [3.05, 3.63) is 0 Å². The highest BCUT2D eigenvalue weighted by Crippen LogP contribution is 2.58. The summed E-state index contributed by atoms with van der Waals surface area (Å²) in [5, 5.41) is 2.71. The van der Waals surface area contributed by atoms with Crippen LogP contribution in [0.3, 0.4) is 0 Å². The number of carbonyl (C=O) groups is 5. The number of nitrogens with zero attached hydrogens (tertiary/aromatic N) is 2. The number of hydrogen-bond donors (Lipinski definition) is 4. The number of rotatable bonds is 9. The van der Waals surface area contributed by atoms with E-state index in [1.54, 1.807) is 7.05 Å². The van der Waals surface area contributed by atoms with Gasteiger partial charge in [-0.25, -0.2) is 0 Å². The summed E-state index contributed by atoms with van der Waals surface area (Å²) in [5.41, 5.74) is 16.0. The van der Waals surface area contributed by atoms with Crippen LogP contribution in [0.15, 0.2) is 4.99 Å². The third-order valence-electron chi connectivity index (χ3n) is 6.27. The predicted molar refractivity (Wildman–Crippen MR) is 149 cm³/mol. The van der Waals surface area contributed by atoms with Crippen LogP contribution in [0.4, 0.5) is 0 Å². The van der Waals surface area contributed by atoms with E-state index in [0.29, 0.717) is 45.2 Å². The molecule has 7 N–H and O–H groups in total. The highest BCUT2D eigenvalue weighted by atomic mass is 32.4. The zero-order chi connectivity index (χ0) is 27.4. The van der Waals surface area contributed by atoms with Crippen LogP contribution < -0.4 is 22.5 Å². The van der Waals surface area contributed by atoms with E-state index in [4.69, 9.17) is 17.2 Å². The van der Waals surface area contributed by atoms with Crippen molar-refractivity contribution in [2.75, 3.05) is 20.1 Å². The van der Waals surface area contributed by atoms with E-state index in [-0.39, 0.29) is 42.7 Å². The van der Waals surface area contributed by atoms with Crippen LogP contribution in [0.2, 0.25) is 0 Å². The minimum absolute atomic E-state index is 0.0404. The molecule has 6 unspecified atom stereocenters. The van der Waals surface area contributed by atoms with Crippen molar-refractivity contribution in [3.63, 3.8) is 0 Å². The van der Waals surface area contributed by atoms with Gasteiger partial charge in [0.2, 0.25) is 11.8 Å². The van der Waals surface area contributed by atoms with E-state index in [1.165, 1.54) is 11.8 Å². The first-order valence-electron chi connectivity index (χ1n) is 12.0. The van der Waals surface area contributed by atoms with E-state index < -0.39 is 42.6 Å². The van der Waals surface area contributed by atoms with Gasteiger partial charge >= 0.3 is 0 Å². The lowest BCUT2D eigenvalue weighted by Gasteiger charge is -2.27. The van der Waals surface area contributed by atoms with Crippen molar-refractivity contribution in [1.82, 2.24) is 10.2 Å². The molecule has 0 bridgehead atoms. The topological polar surface area (TPSA) is 191 Å². The van der Waals surface area contributed by atoms with Crippen LogP contribution in [0.1, 0.15) is 58.3 Å². The zero-order valence-electron chi connectivity index (χ0n) is 21.2. The average Bonchev–Trinajstić information content (AvgIpc) is 2.79. The van der Waals surface area contributed by atoms with Crippen LogP contribution in [0.5, 0.6) is 0 Å². The lowest BCUT2D eigenvalue weighted by molar-refractivity contribution is -0.136. The number of Topliss-reactive ketones (excluding diaryl/α,β-unsaturated/α-hetero) is 3. The molecule has 0 spiro atoms. The number of nitrogens with one attached hydrogen (secondary N) is 1. The van der Waals surface area contributed by atoms with Gasteiger partial charge in [0.1, 0.15) is 5.78 Å². The fraction of sp³-hybridized carbons (Fsp3) is 0.727. The van der Waals surface area contributed by atoms with Crippen molar-refractivity contribution in [2.24, 2.45) is 28.1 Å². The highest BCUT2D eigenvalue weighted by Gasteiger charge is 2.33. The maximum Gasteiger partial charge on any atom is 0.229 e. The summed E-state index contributed by atoms with van der Waals surface area (Å²) < 4.78 is 0. The number of amides is 2. The highest BCUT2D eigenvalue weighted by molar-refractivity contribution is 8.43. The fourth-order valence-electron chi connectivity index (χ4n) is 3.90. The number of hydrogen-bond acceptors (Lipinski definition) is 7. The lowest BCUT2D eigenvalue weighted by Crippen LogP contribution is -2.49. The Hall–Kier alpha value is -1.53. The predicted octanol–water partition coefficient (Wildman–Crippen LogP) is 0.439. The molecule has 0 aromatic carbocycles. The van der Waals surface area contributed by atoms with Crippen LogP contribution >= 0.6 is 25.2 Å². The van der Waals surface area contributed by atoms with Gasteiger partial charge < -0.3 is 27.4 Å². The monoisotopic (exact) mass is 562 g/mol. The smallest absolute Gasteiger partial charge is 0.229 e. The number of ketones is 3. The van der Waals surface area contributed by atoms with Gasteiger partial charge in [-0.2, -0.15) is 0 Å². The summed E-state index contributed by atoms with van der Waals surface area (Å²) in [6.07, 6.45) is 2.33. The molecule has 0 aromatic heterocycles. The molecule has 2 amide bonds. The maximum atomic E-state index is 13.3. The molecule has 1 saturated heterocycles. The molecular formula is C22H41N6O5P3. The Bertz CT molecular complexity index is 837. The minimum Gasteiger partial charge on any atom is -0.370 e. The Morgan fingerprint density at radius 1 is 1.19 bits per heavy atom. The second kappa shape index (κ2) is 16.3. The first-order valence-corrected chi connectivity index (χ1v) is 16.7. The molecule has 1 rings (SSSR count). The molecule has 0 radical (unpaired) electrons. The summed E-state index contributed by atoms with van der Waals surface area (Å²) in [5.74, 6) is -2.17. The summed E-state index contributed by atoms with van der Waals surface area (Å²) in [7, 11) is 5.70. The van der Waals surface area contributed by atoms with Crippen molar-refractivity contribution in [1.29, 1.82) is 0 Å². The molecule has 0 aliphatic carbocycles. The third-order valence-corrected chi connectivity index (χ3v) is 9.56. The molecule has 6 atom stereocenters. The lowest BCUT2D eigenvalue weighted by atomic mass is 9.90. The minimum atomic E-state index is -1.11. The van der Waals surface area contributed by atoms with Crippen molar-refractivity contribution in [2.45, 2.75) is 76.0 Å². The Morgan fingerprint density at radius 2 is 1.86 bits per heavy atom. The molecular weight excluding hydrogens is 521 g/mol. The molecule has 1 aliphatic heterocycles. The Labute approximate surface area is 218 Å². The first-order chi connectivity index (χ1) is 16.8.